The number of nitrogens with zero attached hydrogens (tertiary/aromatic N) is 2. The number of carbonyl (C=O) groups is 1. The van der Waals surface area contributed by atoms with Gasteiger partial charge in [-0.1, -0.05) is 17.7 Å². The van der Waals surface area contributed by atoms with Crippen LogP contribution in [-0.2, 0) is 14.8 Å². The normalized spacial score (nSPS) is 17.2. The van der Waals surface area contributed by atoms with Crippen molar-refractivity contribution in [2.24, 2.45) is 5.92 Å². The smallest absolute Gasteiger partial charge is 0.238 e. The average molecular weight is 353 g/mol. The van der Waals surface area contributed by atoms with Gasteiger partial charge < -0.3 is 5.32 Å². The molecule has 134 valence electrons. The number of nitrogens with one attached hydrogen (secondary N) is 1. The maximum absolute atomic E-state index is 12.1. The lowest BCUT2D eigenvalue weighted by molar-refractivity contribution is -0.117. The summed E-state index contributed by atoms with van der Waals surface area (Å²) >= 11 is 0. The molecule has 0 atom stereocenters. The van der Waals surface area contributed by atoms with Gasteiger partial charge in [-0.3, -0.25) is 9.69 Å². The van der Waals surface area contributed by atoms with Crippen LogP contribution < -0.4 is 5.32 Å². The molecule has 1 aromatic carbocycles. The molecule has 1 amide bonds. The van der Waals surface area contributed by atoms with Crippen LogP contribution in [-0.4, -0.2) is 63.0 Å². The van der Waals surface area contributed by atoms with Crippen molar-refractivity contribution < 1.29 is 13.2 Å². The highest BCUT2D eigenvalue weighted by Crippen LogP contribution is 2.19. The summed E-state index contributed by atoms with van der Waals surface area (Å²) in [5.41, 5.74) is 1.98. The second-order valence-electron chi connectivity index (χ2n) is 6.68. The van der Waals surface area contributed by atoms with Crippen LogP contribution in [0.3, 0.4) is 0 Å². The fourth-order valence-electron chi connectivity index (χ4n) is 2.87. The number of aryl methyl sites for hydroxylation is 1. The number of sulfonamides is 1. The zero-order valence-corrected chi connectivity index (χ0v) is 15.5. The van der Waals surface area contributed by atoms with Gasteiger partial charge in [0.15, 0.2) is 0 Å². The van der Waals surface area contributed by atoms with E-state index in [-0.39, 0.29) is 5.91 Å². The third-order valence-corrected chi connectivity index (χ3v) is 5.77. The zero-order chi connectivity index (χ0) is 17.7. The quantitative estimate of drug-likeness (QED) is 0.842. The molecule has 1 aromatic rings. The topological polar surface area (TPSA) is 69.7 Å². The first-order valence-corrected chi connectivity index (χ1v) is 10.1. The van der Waals surface area contributed by atoms with Crippen LogP contribution in [0.25, 0.3) is 0 Å². The first kappa shape index (κ1) is 18.9. The van der Waals surface area contributed by atoms with Crippen molar-refractivity contribution in [3.8, 4) is 0 Å². The number of amides is 1. The minimum atomic E-state index is -3.12. The van der Waals surface area contributed by atoms with Gasteiger partial charge in [0.1, 0.15) is 0 Å². The SMILES string of the molecule is Cc1ccc(NC(=O)CN2CCC(CN(C)S(C)(=O)=O)CC2)cc1. The van der Waals surface area contributed by atoms with E-state index in [1.807, 2.05) is 31.2 Å². The Morgan fingerprint density at radius 2 is 1.83 bits per heavy atom. The van der Waals surface area contributed by atoms with Crippen LogP contribution >= 0.6 is 0 Å². The molecule has 1 fully saturated rings. The molecule has 1 aliphatic rings. The summed E-state index contributed by atoms with van der Waals surface area (Å²) in [5, 5.41) is 2.91. The molecule has 0 unspecified atom stereocenters. The molecule has 6 nitrogen and oxygen atoms in total. The molecule has 0 spiro atoms. The highest BCUT2D eigenvalue weighted by molar-refractivity contribution is 7.88. The largest absolute Gasteiger partial charge is 0.325 e. The van der Waals surface area contributed by atoms with E-state index in [1.165, 1.54) is 10.6 Å². The molecule has 7 heteroatoms. The lowest BCUT2D eigenvalue weighted by Gasteiger charge is -2.32. The fraction of sp³-hybridized carbons (Fsp3) is 0.588. The number of piperidine rings is 1. The van der Waals surface area contributed by atoms with E-state index in [1.54, 1.807) is 7.05 Å². The van der Waals surface area contributed by atoms with Crippen LogP contribution in [0.2, 0.25) is 0 Å². The van der Waals surface area contributed by atoms with Gasteiger partial charge in [-0.05, 0) is 50.9 Å². The Labute approximate surface area is 144 Å². The van der Waals surface area contributed by atoms with Gasteiger partial charge in [0.05, 0.1) is 12.8 Å². The van der Waals surface area contributed by atoms with Gasteiger partial charge in [0, 0.05) is 19.3 Å². The monoisotopic (exact) mass is 353 g/mol. The molecule has 2 rings (SSSR count). The van der Waals surface area contributed by atoms with Gasteiger partial charge in [-0.15, -0.1) is 0 Å². The number of benzene rings is 1. The van der Waals surface area contributed by atoms with E-state index in [4.69, 9.17) is 0 Å². The molecule has 1 saturated heterocycles. The number of likely N-dealkylation sites (tertiary alicyclic amines) is 1. The number of carbonyl (C=O) groups excluding carboxylic acids is 1. The summed E-state index contributed by atoms with van der Waals surface area (Å²) in [6.07, 6.45) is 3.06. The fourth-order valence-corrected chi connectivity index (χ4v) is 3.35. The summed E-state index contributed by atoms with van der Waals surface area (Å²) in [4.78, 5) is 14.2. The predicted molar refractivity (Wildman–Crippen MR) is 96.4 cm³/mol. The lowest BCUT2D eigenvalue weighted by atomic mass is 9.97. The van der Waals surface area contributed by atoms with Crippen molar-refractivity contribution >= 4 is 21.6 Å². The van der Waals surface area contributed by atoms with Crippen molar-refractivity contribution in [2.75, 3.05) is 44.8 Å². The molecular formula is C17H27N3O3S. The third-order valence-electron chi connectivity index (χ3n) is 4.49. The predicted octanol–water partition coefficient (Wildman–Crippen LogP) is 1.54. The molecule has 1 heterocycles. The minimum absolute atomic E-state index is 0.00874. The van der Waals surface area contributed by atoms with E-state index >= 15 is 0 Å². The zero-order valence-electron chi connectivity index (χ0n) is 14.7. The summed E-state index contributed by atoms with van der Waals surface area (Å²) in [6, 6.07) is 7.75. The van der Waals surface area contributed by atoms with E-state index in [0.29, 0.717) is 19.0 Å². The van der Waals surface area contributed by atoms with Crippen molar-refractivity contribution in [2.45, 2.75) is 19.8 Å². The molecule has 0 saturated carbocycles. The average Bonchev–Trinajstić information content (AvgIpc) is 2.50. The second-order valence-corrected chi connectivity index (χ2v) is 8.77. The summed E-state index contributed by atoms with van der Waals surface area (Å²) in [6.45, 7) is 4.59. The van der Waals surface area contributed by atoms with Crippen LogP contribution in [0, 0.1) is 12.8 Å². The van der Waals surface area contributed by atoms with E-state index in [2.05, 4.69) is 10.2 Å². The van der Waals surface area contributed by atoms with E-state index in [9.17, 15) is 13.2 Å². The Morgan fingerprint density at radius 1 is 1.25 bits per heavy atom. The summed E-state index contributed by atoms with van der Waals surface area (Å²) < 4.78 is 24.4. The number of hydrogen-bond donors (Lipinski definition) is 1. The minimum Gasteiger partial charge on any atom is -0.325 e. The first-order valence-electron chi connectivity index (χ1n) is 8.24. The van der Waals surface area contributed by atoms with Crippen molar-refractivity contribution in [1.82, 2.24) is 9.21 Å². The molecule has 0 aliphatic carbocycles. The molecular weight excluding hydrogens is 326 g/mol. The molecule has 0 bridgehead atoms. The molecule has 0 radical (unpaired) electrons. The molecule has 1 aliphatic heterocycles. The Kier molecular flexibility index (Phi) is 6.37. The molecule has 1 N–H and O–H groups in total. The maximum atomic E-state index is 12.1. The second kappa shape index (κ2) is 8.09. The Morgan fingerprint density at radius 3 is 2.38 bits per heavy atom. The number of rotatable bonds is 6. The van der Waals surface area contributed by atoms with Gasteiger partial charge in [0.25, 0.3) is 0 Å². The maximum Gasteiger partial charge on any atom is 0.238 e. The first-order chi connectivity index (χ1) is 11.2. The number of hydrogen-bond acceptors (Lipinski definition) is 4. The molecule has 24 heavy (non-hydrogen) atoms. The van der Waals surface area contributed by atoms with Gasteiger partial charge in [-0.25, -0.2) is 12.7 Å². The van der Waals surface area contributed by atoms with Crippen LogP contribution in [0.4, 0.5) is 5.69 Å². The van der Waals surface area contributed by atoms with Gasteiger partial charge >= 0.3 is 0 Å². The highest BCUT2D eigenvalue weighted by atomic mass is 32.2. The van der Waals surface area contributed by atoms with Crippen molar-refractivity contribution in [3.05, 3.63) is 29.8 Å². The summed E-state index contributed by atoms with van der Waals surface area (Å²) in [5.74, 6) is 0.353. The van der Waals surface area contributed by atoms with Gasteiger partial charge in [0.2, 0.25) is 15.9 Å². The lowest BCUT2D eigenvalue weighted by Crippen LogP contribution is -2.42. The van der Waals surface area contributed by atoms with Crippen molar-refractivity contribution in [3.63, 3.8) is 0 Å². The summed E-state index contributed by atoms with van der Waals surface area (Å²) in [7, 11) is -1.50. The standard InChI is InChI=1S/C17H27N3O3S/c1-14-4-6-16(7-5-14)18-17(21)13-20-10-8-15(9-11-20)12-19(2)24(3,22)23/h4-7,15H,8-13H2,1-3H3,(H,18,21). The van der Waals surface area contributed by atoms with E-state index in [0.717, 1.165) is 37.2 Å². The van der Waals surface area contributed by atoms with Crippen LogP contribution in [0.15, 0.2) is 24.3 Å². The van der Waals surface area contributed by atoms with E-state index < -0.39 is 10.0 Å². The Balaban J connectivity index is 1.74. The number of anilines is 1. The van der Waals surface area contributed by atoms with Gasteiger partial charge in [-0.2, -0.15) is 0 Å². The highest BCUT2D eigenvalue weighted by Gasteiger charge is 2.24. The third kappa shape index (κ3) is 5.89. The van der Waals surface area contributed by atoms with Crippen LogP contribution in [0.5, 0.6) is 0 Å². The van der Waals surface area contributed by atoms with Crippen LogP contribution in [0.1, 0.15) is 18.4 Å². The van der Waals surface area contributed by atoms with Crippen molar-refractivity contribution in [1.29, 1.82) is 0 Å². The Hall–Kier alpha value is -1.44. The Bertz CT molecular complexity index is 650. The molecule has 0 aromatic heterocycles.